The molecule has 1 fully saturated rings. The molecule has 0 bridgehead atoms. The summed E-state index contributed by atoms with van der Waals surface area (Å²) in [6.45, 7) is 7.55. The smallest absolute Gasteiger partial charge is 0.233 e. The number of thioether (sulfide) groups is 1. The molecule has 0 spiro atoms. The molecule has 0 aliphatic carbocycles. The van der Waals surface area contributed by atoms with E-state index in [2.05, 4.69) is 17.1 Å². The van der Waals surface area contributed by atoms with E-state index < -0.39 is 0 Å². The minimum Gasteiger partial charge on any atom is -0.497 e. The van der Waals surface area contributed by atoms with Crippen LogP contribution in [0.2, 0.25) is 0 Å². The van der Waals surface area contributed by atoms with Gasteiger partial charge in [0.2, 0.25) is 5.91 Å². The van der Waals surface area contributed by atoms with Gasteiger partial charge < -0.3 is 15.0 Å². The average Bonchev–Trinajstić information content (AvgIpc) is 2.57. The van der Waals surface area contributed by atoms with Crippen LogP contribution in [0.25, 0.3) is 0 Å². The number of hydrogen-bond acceptors (Lipinski definition) is 4. The normalized spacial score (nSPS) is 17.7. The molecule has 1 heterocycles. The van der Waals surface area contributed by atoms with Crippen molar-refractivity contribution < 1.29 is 9.53 Å². The molecular weight excluding hydrogens is 308 g/mol. The number of methoxy groups -OCH3 is 1. The number of nitrogens with zero attached hydrogens (tertiary/aromatic N) is 1. The first-order valence-corrected chi connectivity index (χ1v) is 9.33. The van der Waals surface area contributed by atoms with Crippen molar-refractivity contribution >= 4 is 17.7 Å². The van der Waals surface area contributed by atoms with Crippen molar-refractivity contribution in [3.05, 3.63) is 24.3 Å². The third-order valence-electron chi connectivity index (χ3n) is 4.22. The Morgan fingerprint density at radius 2 is 2.00 bits per heavy atom. The van der Waals surface area contributed by atoms with Gasteiger partial charge in [0.05, 0.1) is 12.4 Å². The highest BCUT2D eigenvalue weighted by molar-refractivity contribution is 8.00. The van der Waals surface area contributed by atoms with Crippen LogP contribution in [0.15, 0.2) is 29.2 Å². The molecule has 4 nitrogen and oxygen atoms in total. The second-order valence-electron chi connectivity index (χ2n) is 6.06. The number of hydrogen-bond donors (Lipinski definition) is 1. The Morgan fingerprint density at radius 3 is 2.57 bits per heavy atom. The van der Waals surface area contributed by atoms with Gasteiger partial charge in [0.1, 0.15) is 5.75 Å². The summed E-state index contributed by atoms with van der Waals surface area (Å²) < 4.78 is 5.16. The first-order chi connectivity index (χ1) is 11.1. The maximum atomic E-state index is 12.4. The number of carbonyl (C=O) groups is 1. The third kappa shape index (κ3) is 5.74. The fraction of sp³-hybridized carbons (Fsp3) is 0.611. The van der Waals surface area contributed by atoms with E-state index in [9.17, 15) is 4.79 Å². The molecule has 23 heavy (non-hydrogen) atoms. The van der Waals surface area contributed by atoms with Crippen molar-refractivity contribution in [1.29, 1.82) is 0 Å². The monoisotopic (exact) mass is 336 g/mol. The highest BCUT2D eigenvalue weighted by atomic mass is 32.2. The Kier molecular flexibility index (Phi) is 7.24. The molecule has 5 heteroatoms. The molecule has 1 unspecified atom stereocenters. The van der Waals surface area contributed by atoms with Crippen LogP contribution in [0.4, 0.5) is 0 Å². The molecule has 2 rings (SSSR count). The molecule has 128 valence electrons. The van der Waals surface area contributed by atoms with E-state index in [0.717, 1.165) is 36.6 Å². The van der Waals surface area contributed by atoms with Crippen LogP contribution in [0.1, 0.15) is 33.1 Å². The number of piperidine rings is 1. The first-order valence-electron chi connectivity index (χ1n) is 8.45. The summed E-state index contributed by atoms with van der Waals surface area (Å²) in [4.78, 5) is 15.9. The molecule has 1 saturated heterocycles. The number of nitrogens with one attached hydrogen (secondary N) is 1. The van der Waals surface area contributed by atoms with Gasteiger partial charge in [0.25, 0.3) is 0 Å². The quantitative estimate of drug-likeness (QED) is 0.777. The van der Waals surface area contributed by atoms with E-state index >= 15 is 0 Å². The minimum atomic E-state index is -0.0860. The SMILES string of the molecule is CCCN1CCC(NC(=O)C(C)Sc2ccc(OC)cc2)CC1. The van der Waals surface area contributed by atoms with E-state index in [0.29, 0.717) is 6.04 Å². The number of carbonyl (C=O) groups excluding carboxylic acids is 1. The zero-order valence-corrected chi connectivity index (χ0v) is 15.2. The van der Waals surface area contributed by atoms with E-state index in [-0.39, 0.29) is 11.2 Å². The number of benzene rings is 1. The van der Waals surface area contributed by atoms with Gasteiger partial charge in [0.15, 0.2) is 0 Å². The lowest BCUT2D eigenvalue weighted by Crippen LogP contribution is -2.46. The fourth-order valence-corrected chi connectivity index (χ4v) is 3.72. The number of ether oxygens (including phenoxy) is 1. The standard InChI is InChI=1S/C18H28N2O2S/c1-4-11-20-12-9-15(10-13-20)19-18(21)14(2)23-17-7-5-16(22-3)6-8-17/h5-8,14-15H,4,9-13H2,1-3H3,(H,19,21). The lowest BCUT2D eigenvalue weighted by molar-refractivity contribution is -0.121. The Labute approximate surface area is 144 Å². The highest BCUT2D eigenvalue weighted by Crippen LogP contribution is 2.25. The molecule has 1 aromatic rings. The Bertz CT molecular complexity index is 484. The summed E-state index contributed by atoms with van der Waals surface area (Å²) in [5, 5.41) is 3.13. The predicted molar refractivity (Wildman–Crippen MR) is 96.2 cm³/mol. The van der Waals surface area contributed by atoms with Crippen molar-refractivity contribution in [2.24, 2.45) is 0 Å². The molecular formula is C18H28N2O2S. The van der Waals surface area contributed by atoms with Crippen LogP contribution in [-0.2, 0) is 4.79 Å². The van der Waals surface area contributed by atoms with Crippen molar-refractivity contribution in [3.8, 4) is 5.75 Å². The molecule has 0 aromatic heterocycles. The predicted octanol–water partition coefficient (Wildman–Crippen LogP) is 3.17. The molecule has 1 N–H and O–H groups in total. The van der Waals surface area contributed by atoms with Gasteiger partial charge in [-0.2, -0.15) is 0 Å². The Morgan fingerprint density at radius 1 is 1.35 bits per heavy atom. The van der Waals surface area contributed by atoms with Crippen LogP contribution in [0.3, 0.4) is 0 Å². The zero-order valence-electron chi connectivity index (χ0n) is 14.4. The fourth-order valence-electron chi connectivity index (χ4n) is 2.85. The summed E-state index contributed by atoms with van der Waals surface area (Å²) in [7, 11) is 1.66. The van der Waals surface area contributed by atoms with Gasteiger partial charge in [-0.15, -0.1) is 11.8 Å². The van der Waals surface area contributed by atoms with Crippen molar-refractivity contribution in [2.75, 3.05) is 26.7 Å². The second-order valence-corrected chi connectivity index (χ2v) is 7.47. The van der Waals surface area contributed by atoms with Gasteiger partial charge in [-0.3, -0.25) is 4.79 Å². The third-order valence-corrected chi connectivity index (χ3v) is 5.33. The zero-order chi connectivity index (χ0) is 16.7. The number of amides is 1. The van der Waals surface area contributed by atoms with Gasteiger partial charge in [0, 0.05) is 24.0 Å². The average molecular weight is 337 g/mol. The number of rotatable bonds is 7. The molecule has 0 saturated carbocycles. The summed E-state index contributed by atoms with van der Waals surface area (Å²) in [6, 6.07) is 8.18. The summed E-state index contributed by atoms with van der Waals surface area (Å²) >= 11 is 1.59. The summed E-state index contributed by atoms with van der Waals surface area (Å²) in [6.07, 6.45) is 3.32. The molecule has 1 aliphatic heterocycles. The van der Waals surface area contributed by atoms with E-state index in [1.165, 1.54) is 13.0 Å². The van der Waals surface area contributed by atoms with Crippen LogP contribution in [-0.4, -0.2) is 48.8 Å². The van der Waals surface area contributed by atoms with Gasteiger partial charge in [-0.25, -0.2) is 0 Å². The summed E-state index contributed by atoms with van der Waals surface area (Å²) in [5.74, 6) is 0.977. The van der Waals surface area contributed by atoms with Crippen LogP contribution < -0.4 is 10.1 Å². The van der Waals surface area contributed by atoms with E-state index in [4.69, 9.17) is 4.74 Å². The van der Waals surface area contributed by atoms with Crippen LogP contribution >= 0.6 is 11.8 Å². The lowest BCUT2D eigenvalue weighted by atomic mass is 10.0. The molecule has 0 radical (unpaired) electrons. The van der Waals surface area contributed by atoms with Crippen LogP contribution in [0, 0.1) is 0 Å². The van der Waals surface area contributed by atoms with E-state index in [1.54, 1.807) is 18.9 Å². The largest absolute Gasteiger partial charge is 0.497 e. The number of likely N-dealkylation sites (tertiary alicyclic amines) is 1. The topological polar surface area (TPSA) is 41.6 Å². The maximum Gasteiger partial charge on any atom is 0.233 e. The van der Waals surface area contributed by atoms with Gasteiger partial charge in [-0.05, 0) is 57.0 Å². The van der Waals surface area contributed by atoms with Gasteiger partial charge >= 0.3 is 0 Å². The van der Waals surface area contributed by atoms with Crippen molar-refractivity contribution in [1.82, 2.24) is 10.2 Å². The maximum absolute atomic E-state index is 12.4. The second kappa shape index (κ2) is 9.18. The summed E-state index contributed by atoms with van der Waals surface area (Å²) in [5.41, 5.74) is 0. The van der Waals surface area contributed by atoms with Gasteiger partial charge in [-0.1, -0.05) is 6.92 Å². The first kappa shape index (κ1) is 18.1. The highest BCUT2D eigenvalue weighted by Gasteiger charge is 2.22. The molecule has 1 amide bonds. The lowest BCUT2D eigenvalue weighted by Gasteiger charge is -2.32. The Hall–Kier alpha value is -1.20. The van der Waals surface area contributed by atoms with Crippen molar-refractivity contribution in [3.63, 3.8) is 0 Å². The Balaban J connectivity index is 1.76. The minimum absolute atomic E-state index is 0.0860. The van der Waals surface area contributed by atoms with E-state index in [1.807, 2.05) is 31.2 Å². The molecule has 1 aliphatic rings. The van der Waals surface area contributed by atoms with Crippen LogP contribution in [0.5, 0.6) is 5.75 Å². The molecule has 1 aromatic carbocycles. The van der Waals surface area contributed by atoms with Crippen molar-refractivity contribution in [2.45, 2.75) is 49.3 Å². The molecule has 1 atom stereocenters.